The van der Waals surface area contributed by atoms with Crippen LogP contribution in [0.3, 0.4) is 0 Å². The Morgan fingerprint density at radius 3 is 2.59 bits per heavy atom. The van der Waals surface area contributed by atoms with Crippen LogP contribution in [-0.4, -0.2) is 54.8 Å². The fourth-order valence-corrected chi connectivity index (χ4v) is 3.18. The molecule has 2 atom stereocenters. The molecule has 8 heteroatoms. The zero-order valence-corrected chi connectivity index (χ0v) is 17.6. The molecule has 0 spiro atoms. The summed E-state index contributed by atoms with van der Waals surface area (Å²) >= 11 is 12.2. The molecule has 1 aromatic carbocycles. The van der Waals surface area contributed by atoms with E-state index in [2.05, 4.69) is 5.32 Å². The maximum Gasteiger partial charge on any atom is 0.410 e. The highest BCUT2D eigenvalue weighted by Crippen LogP contribution is 2.31. The molecule has 0 radical (unpaired) electrons. The molecule has 1 N–H and O–H groups in total. The van der Waals surface area contributed by atoms with Crippen molar-refractivity contribution in [2.45, 2.75) is 45.3 Å². The van der Waals surface area contributed by atoms with Crippen molar-refractivity contribution in [3.05, 3.63) is 33.8 Å². The minimum atomic E-state index is -0.584. The summed E-state index contributed by atoms with van der Waals surface area (Å²) in [4.78, 5) is 25.6. The van der Waals surface area contributed by atoms with E-state index in [0.29, 0.717) is 36.3 Å². The van der Waals surface area contributed by atoms with Crippen LogP contribution in [0.15, 0.2) is 18.2 Å². The van der Waals surface area contributed by atoms with Crippen LogP contribution >= 0.6 is 23.2 Å². The molecule has 2 rings (SSSR count). The first-order valence-corrected chi connectivity index (χ1v) is 9.61. The quantitative estimate of drug-likeness (QED) is 0.812. The van der Waals surface area contributed by atoms with E-state index in [-0.39, 0.29) is 17.9 Å². The van der Waals surface area contributed by atoms with Gasteiger partial charge in [-0.25, -0.2) is 4.79 Å². The Balaban J connectivity index is 2.27. The molecule has 1 aliphatic heterocycles. The largest absolute Gasteiger partial charge is 0.444 e. The van der Waals surface area contributed by atoms with Crippen LogP contribution < -0.4 is 5.32 Å². The van der Waals surface area contributed by atoms with Crippen molar-refractivity contribution in [2.75, 3.05) is 26.2 Å². The molecular weight excluding hydrogens is 391 g/mol. The first-order chi connectivity index (χ1) is 12.6. The minimum Gasteiger partial charge on any atom is -0.444 e. The SMILES string of the molecule is CC(=O)NCC1OCCN(C(=O)OC(C)(C)C)CC1c1ccc(Cl)c(Cl)c1. The van der Waals surface area contributed by atoms with E-state index in [4.69, 9.17) is 32.7 Å². The van der Waals surface area contributed by atoms with E-state index in [1.54, 1.807) is 17.0 Å². The number of carbonyl (C=O) groups excluding carboxylic acids is 2. The molecule has 0 saturated carbocycles. The summed E-state index contributed by atoms with van der Waals surface area (Å²) in [5.74, 6) is -0.332. The summed E-state index contributed by atoms with van der Waals surface area (Å²) in [6.45, 7) is 8.42. The molecule has 1 fully saturated rings. The molecule has 1 aliphatic rings. The maximum atomic E-state index is 12.6. The number of amides is 2. The zero-order valence-electron chi connectivity index (χ0n) is 16.1. The number of hydrogen-bond donors (Lipinski definition) is 1. The van der Waals surface area contributed by atoms with Gasteiger partial charge in [0.15, 0.2) is 0 Å². The first-order valence-electron chi connectivity index (χ1n) is 8.85. The monoisotopic (exact) mass is 416 g/mol. The second-order valence-electron chi connectivity index (χ2n) is 7.55. The van der Waals surface area contributed by atoms with E-state index < -0.39 is 11.7 Å². The Morgan fingerprint density at radius 2 is 2.00 bits per heavy atom. The van der Waals surface area contributed by atoms with Gasteiger partial charge in [0.25, 0.3) is 0 Å². The number of nitrogens with zero attached hydrogens (tertiary/aromatic N) is 1. The fourth-order valence-electron chi connectivity index (χ4n) is 2.88. The van der Waals surface area contributed by atoms with E-state index in [0.717, 1.165) is 5.56 Å². The minimum absolute atomic E-state index is 0.139. The van der Waals surface area contributed by atoms with Crippen LogP contribution in [0.2, 0.25) is 10.0 Å². The lowest BCUT2D eigenvalue weighted by molar-refractivity contribution is -0.119. The average Bonchev–Trinajstić information content (AvgIpc) is 2.76. The third kappa shape index (κ3) is 6.55. The van der Waals surface area contributed by atoms with Gasteiger partial charge in [-0.2, -0.15) is 0 Å². The third-order valence-corrected chi connectivity index (χ3v) is 4.87. The Kier molecular flexibility index (Phi) is 7.37. The van der Waals surface area contributed by atoms with Gasteiger partial charge < -0.3 is 19.7 Å². The lowest BCUT2D eigenvalue weighted by Gasteiger charge is -2.30. The van der Waals surface area contributed by atoms with Crippen LogP contribution in [0.1, 0.15) is 39.2 Å². The normalized spacial score (nSPS) is 20.7. The van der Waals surface area contributed by atoms with Crippen molar-refractivity contribution < 1.29 is 19.1 Å². The first kappa shape index (κ1) is 21.8. The van der Waals surface area contributed by atoms with Crippen molar-refractivity contribution in [2.24, 2.45) is 0 Å². The van der Waals surface area contributed by atoms with Crippen LogP contribution in [0.4, 0.5) is 4.79 Å². The molecule has 6 nitrogen and oxygen atoms in total. The topological polar surface area (TPSA) is 67.9 Å². The van der Waals surface area contributed by atoms with Crippen molar-refractivity contribution in [1.29, 1.82) is 0 Å². The molecule has 1 aromatic rings. The van der Waals surface area contributed by atoms with Crippen molar-refractivity contribution in [3.63, 3.8) is 0 Å². The molecule has 0 aromatic heterocycles. The van der Waals surface area contributed by atoms with E-state index in [1.807, 2.05) is 26.8 Å². The zero-order chi connectivity index (χ0) is 20.2. The molecule has 0 bridgehead atoms. The number of carbonyl (C=O) groups is 2. The highest BCUT2D eigenvalue weighted by atomic mass is 35.5. The van der Waals surface area contributed by atoms with Gasteiger partial charge >= 0.3 is 6.09 Å². The lowest BCUT2D eigenvalue weighted by Crippen LogP contribution is -2.41. The Bertz CT molecular complexity index is 691. The van der Waals surface area contributed by atoms with Gasteiger partial charge in [-0.3, -0.25) is 4.79 Å². The molecule has 27 heavy (non-hydrogen) atoms. The van der Waals surface area contributed by atoms with Gasteiger partial charge in [0.05, 0.1) is 22.8 Å². The summed E-state index contributed by atoms with van der Waals surface area (Å²) in [7, 11) is 0. The van der Waals surface area contributed by atoms with Crippen LogP contribution in [0.5, 0.6) is 0 Å². The fraction of sp³-hybridized carbons (Fsp3) is 0.579. The third-order valence-electron chi connectivity index (χ3n) is 4.13. The number of nitrogens with one attached hydrogen (secondary N) is 1. The van der Waals surface area contributed by atoms with Gasteiger partial charge in [-0.15, -0.1) is 0 Å². The molecule has 150 valence electrons. The van der Waals surface area contributed by atoms with Crippen molar-refractivity contribution in [3.8, 4) is 0 Å². The second-order valence-corrected chi connectivity index (χ2v) is 8.37. The Labute approximate surface area is 170 Å². The predicted molar refractivity (Wildman–Crippen MR) is 105 cm³/mol. The lowest BCUT2D eigenvalue weighted by atomic mass is 9.92. The van der Waals surface area contributed by atoms with E-state index in [9.17, 15) is 9.59 Å². The molecule has 2 amide bonds. The van der Waals surface area contributed by atoms with Gasteiger partial charge in [-0.1, -0.05) is 29.3 Å². The van der Waals surface area contributed by atoms with Crippen molar-refractivity contribution in [1.82, 2.24) is 10.2 Å². The second kappa shape index (κ2) is 9.13. The van der Waals surface area contributed by atoms with Crippen LogP contribution in [0.25, 0.3) is 0 Å². The molecule has 1 heterocycles. The standard InChI is InChI=1S/C19H26Cl2N2O4/c1-12(24)22-10-17-14(13-5-6-15(20)16(21)9-13)11-23(7-8-26-17)18(25)27-19(2,3)4/h5-6,9,14,17H,7-8,10-11H2,1-4H3,(H,22,24). The Morgan fingerprint density at radius 1 is 1.30 bits per heavy atom. The number of benzene rings is 1. The predicted octanol–water partition coefficient (Wildman–Crippen LogP) is 3.85. The van der Waals surface area contributed by atoms with Gasteiger partial charge in [0, 0.05) is 32.5 Å². The van der Waals surface area contributed by atoms with Gasteiger partial charge in [0.1, 0.15) is 5.60 Å². The van der Waals surface area contributed by atoms with Crippen LogP contribution in [-0.2, 0) is 14.3 Å². The van der Waals surface area contributed by atoms with Gasteiger partial charge in [-0.05, 0) is 38.5 Å². The smallest absolute Gasteiger partial charge is 0.410 e. The Hall–Kier alpha value is -1.50. The number of halogens is 2. The summed E-state index contributed by atoms with van der Waals surface area (Å²) in [5, 5.41) is 3.68. The highest BCUT2D eigenvalue weighted by molar-refractivity contribution is 6.42. The van der Waals surface area contributed by atoms with Crippen molar-refractivity contribution >= 4 is 35.2 Å². The number of rotatable bonds is 3. The molecule has 2 unspecified atom stereocenters. The molecule has 0 aliphatic carbocycles. The summed E-state index contributed by atoms with van der Waals surface area (Å²) in [6, 6.07) is 5.36. The average molecular weight is 417 g/mol. The van der Waals surface area contributed by atoms with E-state index >= 15 is 0 Å². The molecular formula is C19H26Cl2N2O4. The number of ether oxygens (including phenoxy) is 2. The van der Waals surface area contributed by atoms with Gasteiger partial charge in [0.2, 0.25) is 5.91 Å². The summed E-state index contributed by atoms with van der Waals surface area (Å²) < 4.78 is 11.5. The van der Waals surface area contributed by atoms with Crippen LogP contribution in [0, 0.1) is 0 Å². The maximum absolute atomic E-state index is 12.6. The highest BCUT2D eigenvalue weighted by Gasteiger charge is 2.33. The summed E-state index contributed by atoms with van der Waals surface area (Å²) in [5.41, 5.74) is 0.300. The molecule has 1 saturated heterocycles. The number of hydrogen-bond acceptors (Lipinski definition) is 4. The van der Waals surface area contributed by atoms with E-state index in [1.165, 1.54) is 6.92 Å². The summed E-state index contributed by atoms with van der Waals surface area (Å²) in [6.07, 6.45) is -0.699.